The van der Waals surface area contributed by atoms with E-state index in [-0.39, 0.29) is 13.2 Å². The Kier molecular flexibility index (Phi) is 5.11. The molecule has 0 radical (unpaired) electrons. The first-order valence-electron chi connectivity index (χ1n) is 3.27. The second kappa shape index (κ2) is 5.68. The Bertz CT molecular complexity index is 170. The summed E-state index contributed by atoms with van der Waals surface area (Å²) in [6, 6.07) is 0. The molecule has 0 spiro atoms. The van der Waals surface area contributed by atoms with E-state index in [4.69, 9.17) is 5.11 Å². The molecule has 0 heterocycles. The fourth-order valence-electron chi connectivity index (χ4n) is 0.390. The van der Waals surface area contributed by atoms with Gasteiger partial charge in [-0.25, -0.2) is 4.79 Å². The summed E-state index contributed by atoms with van der Waals surface area (Å²) < 4.78 is 4.67. The lowest BCUT2D eigenvalue weighted by Gasteiger charge is -1.98. The molecule has 0 bridgehead atoms. The number of aliphatic hydroxyl groups excluding tert-OH is 1. The number of ether oxygens (including phenoxy) is 1. The molecule has 3 heteroatoms. The normalized spacial score (nSPS) is 10.0. The van der Waals surface area contributed by atoms with Crippen molar-refractivity contribution in [1.29, 1.82) is 0 Å². The minimum atomic E-state index is -0.410. The largest absolute Gasteiger partial charge is 0.458 e. The maximum Gasteiger partial charge on any atom is 0.333 e. The van der Waals surface area contributed by atoms with Crippen LogP contribution in [0.5, 0.6) is 0 Å². The molecule has 0 aliphatic carbocycles. The highest BCUT2D eigenvalue weighted by atomic mass is 16.5. The summed E-state index contributed by atoms with van der Waals surface area (Å²) in [5.41, 5.74) is 0.377. The van der Waals surface area contributed by atoms with Gasteiger partial charge in [-0.3, -0.25) is 0 Å². The van der Waals surface area contributed by atoms with Gasteiger partial charge in [0.15, 0.2) is 0 Å². The molecule has 0 atom stereocenters. The molecule has 0 aromatic heterocycles. The minimum Gasteiger partial charge on any atom is -0.458 e. The van der Waals surface area contributed by atoms with Gasteiger partial charge in [-0.05, 0) is 13.0 Å². The van der Waals surface area contributed by atoms with E-state index in [9.17, 15) is 4.79 Å². The Balaban J connectivity index is 3.47. The van der Waals surface area contributed by atoms with Crippen LogP contribution in [-0.4, -0.2) is 24.3 Å². The molecular weight excluding hydrogens is 144 g/mol. The van der Waals surface area contributed by atoms with Gasteiger partial charge in [-0.15, -0.1) is 0 Å². The van der Waals surface area contributed by atoms with E-state index in [1.54, 1.807) is 13.0 Å². The van der Waals surface area contributed by atoms with Crippen LogP contribution in [0.3, 0.4) is 0 Å². The zero-order valence-corrected chi connectivity index (χ0v) is 6.54. The molecule has 0 aromatic carbocycles. The maximum absolute atomic E-state index is 10.7. The Labute approximate surface area is 66.0 Å². The molecule has 1 N–H and O–H groups in total. The van der Waals surface area contributed by atoms with Crippen molar-refractivity contribution in [2.45, 2.75) is 6.92 Å². The van der Waals surface area contributed by atoms with Crippen molar-refractivity contribution in [3.8, 4) is 0 Å². The summed E-state index contributed by atoms with van der Waals surface area (Å²) in [6.45, 7) is 5.14. The van der Waals surface area contributed by atoms with Crippen molar-refractivity contribution in [2.75, 3.05) is 13.2 Å². The van der Waals surface area contributed by atoms with E-state index >= 15 is 0 Å². The lowest BCUT2D eigenvalue weighted by molar-refractivity contribution is -0.137. The third-order valence-electron chi connectivity index (χ3n) is 0.931. The van der Waals surface area contributed by atoms with Gasteiger partial charge in [-0.2, -0.15) is 0 Å². The van der Waals surface area contributed by atoms with E-state index in [1.807, 2.05) is 0 Å². The topological polar surface area (TPSA) is 46.5 Å². The lowest BCUT2D eigenvalue weighted by Crippen LogP contribution is -2.04. The summed E-state index contributed by atoms with van der Waals surface area (Å²) in [5.74, 6) is -0.410. The van der Waals surface area contributed by atoms with Crippen molar-refractivity contribution in [1.82, 2.24) is 0 Å². The second-order valence-corrected chi connectivity index (χ2v) is 2.03. The second-order valence-electron chi connectivity index (χ2n) is 2.03. The van der Waals surface area contributed by atoms with E-state index in [0.717, 1.165) is 0 Å². The van der Waals surface area contributed by atoms with Gasteiger partial charge in [0.2, 0.25) is 0 Å². The highest BCUT2D eigenvalue weighted by Crippen LogP contribution is 1.91. The van der Waals surface area contributed by atoms with Gasteiger partial charge in [-0.1, -0.05) is 12.7 Å². The highest BCUT2D eigenvalue weighted by Gasteiger charge is 1.99. The smallest absolute Gasteiger partial charge is 0.333 e. The molecule has 0 aliphatic heterocycles. The van der Waals surface area contributed by atoms with Gasteiger partial charge in [0.1, 0.15) is 6.61 Å². The van der Waals surface area contributed by atoms with Crippen LogP contribution in [0.1, 0.15) is 6.92 Å². The molecule has 11 heavy (non-hydrogen) atoms. The van der Waals surface area contributed by atoms with Crippen LogP contribution in [0.15, 0.2) is 24.3 Å². The van der Waals surface area contributed by atoms with Gasteiger partial charge < -0.3 is 9.84 Å². The molecule has 62 valence electrons. The van der Waals surface area contributed by atoms with Crippen molar-refractivity contribution in [2.24, 2.45) is 0 Å². The molecule has 0 aromatic rings. The van der Waals surface area contributed by atoms with Crippen molar-refractivity contribution < 1.29 is 14.6 Å². The van der Waals surface area contributed by atoms with Crippen molar-refractivity contribution >= 4 is 5.97 Å². The first-order chi connectivity index (χ1) is 5.18. The van der Waals surface area contributed by atoms with Gasteiger partial charge in [0, 0.05) is 5.57 Å². The predicted molar refractivity (Wildman–Crippen MR) is 42.0 cm³/mol. The van der Waals surface area contributed by atoms with E-state index in [1.165, 1.54) is 6.08 Å². The summed E-state index contributed by atoms with van der Waals surface area (Å²) in [7, 11) is 0. The van der Waals surface area contributed by atoms with Crippen molar-refractivity contribution in [3.63, 3.8) is 0 Å². The molecule has 0 unspecified atom stereocenters. The quantitative estimate of drug-likeness (QED) is 0.369. The Hall–Kier alpha value is -1.09. The van der Waals surface area contributed by atoms with Crippen LogP contribution < -0.4 is 0 Å². The number of carbonyl (C=O) groups excluding carboxylic acids is 1. The molecule has 0 saturated carbocycles. The van der Waals surface area contributed by atoms with Crippen LogP contribution in [0.4, 0.5) is 0 Å². The summed E-state index contributed by atoms with van der Waals surface area (Å²) in [4.78, 5) is 10.7. The summed E-state index contributed by atoms with van der Waals surface area (Å²) in [5, 5.41) is 8.30. The number of hydrogen-bond acceptors (Lipinski definition) is 3. The fourth-order valence-corrected chi connectivity index (χ4v) is 0.390. The van der Waals surface area contributed by atoms with Crippen LogP contribution >= 0.6 is 0 Å². The summed E-state index contributed by atoms with van der Waals surface area (Å²) >= 11 is 0. The molecule has 0 saturated heterocycles. The van der Waals surface area contributed by atoms with Gasteiger partial charge >= 0.3 is 5.97 Å². The molecule has 0 fully saturated rings. The number of esters is 1. The first kappa shape index (κ1) is 9.91. The average molecular weight is 156 g/mol. The molecule has 0 amide bonds. The van der Waals surface area contributed by atoms with Crippen LogP contribution in [0.2, 0.25) is 0 Å². The minimum absolute atomic E-state index is 0.0371. The molecule has 0 rings (SSSR count). The average Bonchev–Trinajstić information content (AvgIpc) is 1.97. The van der Waals surface area contributed by atoms with Gasteiger partial charge in [0.05, 0.1) is 6.61 Å². The van der Waals surface area contributed by atoms with E-state index in [2.05, 4.69) is 11.3 Å². The number of hydrogen-bond donors (Lipinski definition) is 1. The zero-order valence-electron chi connectivity index (χ0n) is 6.54. The lowest BCUT2D eigenvalue weighted by atomic mass is 10.4. The standard InChI is InChI=1S/C8H12O3/c1-7(2)8(10)11-6-4-3-5-9/h3-4,9H,1,5-6H2,2H3/b4-3+. The van der Waals surface area contributed by atoms with Crippen LogP contribution in [0, 0.1) is 0 Å². The van der Waals surface area contributed by atoms with Crippen LogP contribution in [0.25, 0.3) is 0 Å². The van der Waals surface area contributed by atoms with Crippen molar-refractivity contribution in [3.05, 3.63) is 24.3 Å². The first-order valence-corrected chi connectivity index (χ1v) is 3.27. The van der Waals surface area contributed by atoms with E-state index < -0.39 is 5.97 Å². The zero-order chi connectivity index (χ0) is 8.69. The molecule has 0 aliphatic rings. The number of carbonyl (C=O) groups is 1. The predicted octanol–water partition coefficient (Wildman–Crippen LogP) is 0.654. The Morgan fingerprint density at radius 2 is 2.27 bits per heavy atom. The fraction of sp³-hybridized carbons (Fsp3) is 0.375. The SMILES string of the molecule is C=C(C)C(=O)OC/C=C/CO. The number of aliphatic hydroxyl groups is 1. The van der Waals surface area contributed by atoms with Crippen LogP contribution in [-0.2, 0) is 9.53 Å². The Morgan fingerprint density at radius 3 is 2.73 bits per heavy atom. The third-order valence-corrected chi connectivity index (χ3v) is 0.931. The van der Waals surface area contributed by atoms with E-state index in [0.29, 0.717) is 5.57 Å². The maximum atomic E-state index is 10.7. The monoisotopic (exact) mass is 156 g/mol. The Morgan fingerprint density at radius 1 is 1.64 bits per heavy atom. The van der Waals surface area contributed by atoms with Gasteiger partial charge in [0.25, 0.3) is 0 Å². The molecule has 3 nitrogen and oxygen atoms in total. The number of rotatable bonds is 4. The highest BCUT2D eigenvalue weighted by molar-refractivity contribution is 5.86. The summed E-state index contributed by atoms with van der Waals surface area (Å²) in [6.07, 6.45) is 3.08. The third kappa shape index (κ3) is 5.36. The molecular formula is C8H12O3.